The van der Waals surface area contributed by atoms with Crippen LogP contribution in [0.4, 0.5) is 5.69 Å². The molecule has 0 heterocycles. The molecule has 1 unspecified atom stereocenters. The SMILES string of the molecule is CCc1ccc(CC2(O)CCc3cc(N)ccc32)cc1. The Balaban J connectivity index is 1.87. The van der Waals surface area contributed by atoms with Crippen molar-refractivity contribution < 1.29 is 5.11 Å². The number of anilines is 1. The van der Waals surface area contributed by atoms with Crippen molar-refractivity contribution >= 4 is 5.69 Å². The Morgan fingerprint density at radius 2 is 1.80 bits per heavy atom. The number of fused-ring (bicyclic) bond motifs is 1. The van der Waals surface area contributed by atoms with Crippen LogP contribution in [0.2, 0.25) is 0 Å². The third kappa shape index (κ3) is 2.32. The van der Waals surface area contributed by atoms with Crippen molar-refractivity contribution in [2.45, 2.75) is 38.2 Å². The number of nitrogen functional groups attached to an aromatic ring is 1. The monoisotopic (exact) mass is 267 g/mol. The van der Waals surface area contributed by atoms with Crippen LogP contribution in [-0.4, -0.2) is 5.11 Å². The van der Waals surface area contributed by atoms with Gasteiger partial charge in [0.15, 0.2) is 0 Å². The van der Waals surface area contributed by atoms with Gasteiger partial charge in [0.25, 0.3) is 0 Å². The Hall–Kier alpha value is -1.80. The van der Waals surface area contributed by atoms with Crippen molar-refractivity contribution in [2.24, 2.45) is 0 Å². The third-order valence-electron chi connectivity index (χ3n) is 4.37. The highest BCUT2D eigenvalue weighted by atomic mass is 16.3. The molecule has 2 aromatic rings. The molecule has 20 heavy (non-hydrogen) atoms. The average Bonchev–Trinajstić information content (AvgIpc) is 2.76. The van der Waals surface area contributed by atoms with Gasteiger partial charge in [-0.3, -0.25) is 0 Å². The van der Waals surface area contributed by atoms with E-state index in [1.807, 2.05) is 18.2 Å². The fourth-order valence-corrected chi connectivity index (χ4v) is 3.16. The molecule has 0 amide bonds. The first-order valence-electron chi connectivity index (χ1n) is 7.30. The Bertz CT molecular complexity index is 618. The van der Waals surface area contributed by atoms with E-state index in [4.69, 9.17) is 5.73 Å². The van der Waals surface area contributed by atoms with Gasteiger partial charge < -0.3 is 10.8 Å². The summed E-state index contributed by atoms with van der Waals surface area (Å²) < 4.78 is 0. The summed E-state index contributed by atoms with van der Waals surface area (Å²) in [5.41, 5.74) is 10.6. The zero-order valence-corrected chi connectivity index (χ0v) is 11.9. The van der Waals surface area contributed by atoms with Gasteiger partial charge in [0.2, 0.25) is 0 Å². The van der Waals surface area contributed by atoms with Gasteiger partial charge in [-0.15, -0.1) is 0 Å². The van der Waals surface area contributed by atoms with E-state index in [-0.39, 0.29) is 0 Å². The molecule has 0 spiro atoms. The first kappa shape index (κ1) is 13.2. The number of nitrogens with two attached hydrogens (primary N) is 1. The number of hydrogen-bond donors (Lipinski definition) is 2. The standard InChI is InChI=1S/C18H21NO/c1-2-13-3-5-14(6-4-13)12-18(20)10-9-15-11-16(19)7-8-17(15)18/h3-8,11,20H,2,9-10,12,19H2,1H3. The van der Waals surface area contributed by atoms with Crippen LogP contribution in [0.25, 0.3) is 0 Å². The van der Waals surface area contributed by atoms with Crippen LogP contribution in [0.5, 0.6) is 0 Å². The van der Waals surface area contributed by atoms with Crippen molar-refractivity contribution in [3.63, 3.8) is 0 Å². The van der Waals surface area contributed by atoms with E-state index in [1.165, 1.54) is 16.7 Å². The fourth-order valence-electron chi connectivity index (χ4n) is 3.16. The van der Waals surface area contributed by atoms with Crippen LogP contribution >= 0.6 is 0 Å². The van der Waals surface area contributed by atoms with Gasteiger partial charge in [-0.1, -0.05) is 37.3 Å². The van der Waals surface area contributed by atoms with Gasteiger partial charge in [-0.05, 0) is 53.6 Å². The van der Waals surface area contributed by atoms with Gasteiger partial charge in [-0.2, -0.15) is 0 Å². The van der Waals surface area contributed by atoms with E-state index in [0.717, 1.165) is 30.5 Å². The van der Waals surface area contributed by atoms with Crippen LogP contribution < -0.4 is 5.73 Å². The van der Waals surface area contributed by atoms with Crippen molar-refractivity contribution in [1.82, 2.24) is 0 Å². The lowest BCUT2D eigenvalue weighted by Gasteiger charge is -2.24. The van der Waals surface area contributed by atoms with Crippen molar-refractivity contribution in [1.29, 1.82) is 0 Å². The third-order valence-corrected chi connectivity index (χ3v) is 4.37. The number of aliphatic hydroxyl groups is 1. The molecule has 0 bridgehead atoms. The molecule has 0 saturated carbocycles. The smallest absolute Gasteiger partial charge is 0.0942 e. The lowest BCUT2D eigenvalue weighted by molar-refractivity contribution is 0.0390. The lowest BCUT2D eigenvalue weighted by atomic mass is 9.88. The molecule has 1 aliphatic rings. The number of hydrogen-bond acceptors (Lipinski definition) is 2. The summed E-state index contributed by atoms with van der Waals surface area (Å²) in [5.74, 6) is 0. The minimum absolute atomic E-state index is 0.675. The second-order valence-electron chi connectivity index (χ2n) is 5.79. The molecule has 0 aromatic heterocycles. The predicted octanol–water partition coefficient (Wildman–Crippen LogP) is 3.21. The maximum atomic E-state index is 11.0. The number of aryl methyl sites for hydroxylation is 2. The van der Waals surface area contributed by atoms with Crippen LogP contribution in [0.1, 0.15) is 35.6 Å². The first-order valence-corrected chi connectivity index (χ1v) is 7.30. The Labute approximate surface area is 120 Å². The average molecular weight is 267 g/mol. The summed E-state index contributed by atoms with van der Waals surface area (Å²) in [5, 5.41) is 11.0. The molecule has 1 aliphatic carbocycles. The van der Waals surface area contributed by atoms with Crippen LogP contribution in [0.3, 0.4) is 0 Å². The van der Waals surface area contributed by atoms with E-state index in [0.29, 0.717) is 6.42 Å². The Morgan fingerprint density at radius 3 is 2.50 bits per heavy atom. The highest BCUT2D eigenvalue weighted by Crippen LogP contribution is 2.40. The molecule has 3 rings (SSSR count). The minimum Gasteiger partial charge on any atom is -0.399 e. The molecule has 0 radical (unpaired) electrons. The Morgan fingerprint density at radius 1 is 1.10 bits per heavy atom. The van der Waals surface area contributed by atoms with E-state index < -0.39 is 5.60 Å². The molecule has 0 saturated heterocycles. The van der Waals surface area contributed by atoms with Gasteiger partial charge in [0, 0.05) is 12.1 Å². The molecule has 0 aliphatic heterocycles. The second kappa shape index (κ2) is 4.95. The van der Waals surface area contributed by atoms with Gasteiger partial charge >= 0.3 is 0 Å². The zero-order valence-electron chi connectivity index (χ0n) is 11.9. The summed E-state index contributed by atoms with van der Waals surface area (Å²) in [6, 6.07) is 14.4. The normalized spacial score (nSPS) is 20.9. The minimum atomic E-state index is -0.739. The number of rotatable bonds is 3. The van der Waals surface area contributed by atoms with Crippen LogP contribution in [0.15, 0.2) is 42.5 Å². The summed E-state index contributed by atoms with van der Waals surface area (Å²) in [6.07, 6.45) is 3.41. The first-order chi connectivity index (χ1) is 9.60. The van der Waals surface area contributed by atoms with E-state index in [1.54, 1.807) is 0 Å². The molecule has 3 N–H and O–H groups in total. The van der Waals surface area contributed by atoms with Crippen LogP contribution in [0, 0.1) is 0 Å². The Kier molecular flexibility index (Phi) is 3.27. The van der Waals surface area contributed by atoms with E-state index in [2.05, 4.69) is 31.2 Å². The highest BCUT2D eigenvalue weighted by Gasteiger charge is 2.36. The van der Waals surface area contributed by atoms with Crippen LogP contribution in [-0.2, 0) is 24.9 Å². The summed E-state index contributed by atoms with van der Waals surface area (Å²) in [4.78, 5) is 0. The molecular weight excluding hydrogens is 246 g/mol. The maximum Gasteiger partial charge on any atom is 0.0942 e. The van der Waals surface area contributed by atoms with Crippen molar-refractivity contribution in [3.05, 3.63) is 64.7 Å². The molecule has 0 fully saturated rings. The second-order valence-corrected chi connectivity index (χ2v) is 5.79. The molecule has 2 aromatic carbocycles. The molecule has 2 nitrogen and oxygen atoms in total. The van der Waals surface area contributed by atoms with Crippen molar-refractivity contribution in [3.8, 4) is 0 Å². The quantitative estimate of drug-likeness (QED) is 0.839. The lowest BCUT2D eigenvalue weighted by Crippen LogP contribution is -2.25. The van der Waals surface area contributed by atoms with E-state index >= 15 is 0 Å². The van der Waals surface area contributed by atoms with Gasteiger partial charge in [-0.25, -0.2) is 0 Å². The summed E-state index contributed by atoms with van der Waals surface area (Å²) in [6.45, 7) is 2.15. The molecule has 104 valence electrons. The van der Waals surface area contributed by atoms with Crippen molar-refractivity contribution in [2.75, 3.05) is 5.73 Å². The largest absolute Gasteiger partial charge is 0.399 e. The van der Waals surface area contributed by atoms with Gasteiger partial charge in [0.1, 0.15) is 0 Å². The zero-order chi connectivity index (χ0) is 14.2. The summed E-state index contributed by atoms with van der Waals surface area (Å²) in [7, 11) is 0. The summed E-state index contributed by atoms with van der Waals surface area (Å²) >= 11 is 0. The molecule has 1 atom stereocenters. The van der Waals surface area contributed by atoms with E-state index in [9.17, 15) is 5.11 Å². The highest BCUT2D eigenvalue weighted by molar-refractivity contribution is 5.49. The number of benzene rings is 2. The molecule has 2 heteroatoms. The fraction of sp³-hybridized carbons (Fsp3) is 0.333. The molecular formula is C18H21NO. The predicted molar refractivity (Wildman–Crippen MR) is 82.6 cm³/mol. The topological polar surface area (TPSA) is 46.2 Å². The van der Waals surface area contributed by atoms with Gasteiger partial charge in [0.05, 0.1) is 5.60 Å². The maximum absolute atomic E-state index is 11.0.